The molecular weight excluding hydrogens is 472 g/mol. The number of halogens is 1. The highest BCUT2D eigenvalue weighted by molar-refractivity contribution is 7.13. The Morgan fingerprint density at radius 1 is 1.29 bits per heavy atom. The van der Waals surface area contributed by atoms with E-state index in [0.717, 1.165) is 42.9 Å². The van der Waals surface area contributed by atoms with Gasteiger partial charge in [0.15, 0.2) is 10.8 Å². The Kier molecular flexibility index (Phi) is 6.10. The lowest BCUT2D eigenvalue weighted by Crippen LogP contribution is -2.64. The Balaban J connectivity index is 1.41. The Hall–Kier alpha value is -2.52. The summed E-state index contributed by atoms with van der Waals surface area (Å²) < 4.78 is 0. The van der Waals surface area contributed by atoms with Crippen molar-refractivity contribution in [1.82, 2.24) is 15.2 Å². The molecule has 2 heterocycles. The number of nitrogens with zero attached hydrogens (tertiary/aromatic N) is 2. The van der Waals surface area contributed by atoms with Crippen LogP contribution in [0.1, 0.15) is 56.4 Å². The van der Waals surface area contributed by atoms with Crippen molar-refractivity contribution in [2.75, 3.05) is 13.6 Å². The zero-order chi connectivity index (χ0) is 24.0. The molecule has 0 spiro atoms. The van der Waals surface area contributed by atoms with E-state index in [0.29, 0.717) is 39.2 Å². The van der Waals surface area contributed by atoms with Crippen LogP contribution < -0.4 is 11.1 Å². The quantitative estimate of drug-likeness (QED) is 0.471. The van der Waals surface area contributed by atoms with Crippen molar-refractivity contribution in [3.8, 4) is 5.75 Å². The van der Waals surface area contributed by atoms with E-state index in [-0.39, 0.29) is 17.4 Å². The zero-order valence-electron chi connectivity index (χ0n) is 18.9. The number of amides is 1. The lowest BCUT2D eigenvalue weighted by molar-refractivity contribution is 0.0758. The maximum absolute atomic E-state index is 13.7. The predicted octanol–water partition coefficient (Wildman–Crippen LogP) is 3.90. The zero-order valence-corrected chi connectivity index (χ0v) is 20.5. The third kappa shape index (κ3) is 4.20. The van der Waals surface area contributed by atoms with Crippen molar-refractivity contribution in [3.05, 3.63) is 56.5 Å². The number of aromatic nitrogens is 1. The number of hydrogen-bond acceptors (Lipinski definition) is 7. The number of phenolic OH excluding ortho intramolecular Hbond substituents is 1. The molecular formula is C25H27ClN4O3S. The molecule has 2 aromatic carbocycles. The Morgan fingerprint density at radius 3 is 2.94 bits per heavy atom. The SMILES string of the molecule is CN1CCc2nc(C(=O)NC3CCCCC3(N)C(=O)c3cc(O)c4cc(Cl)ccc4c3)sc2C1. The Bertz CT molecular complexity index is 1290. The molecule has 34 heavy (non-hydrogen) atoms. The molecule has 178 valence electrons. The molecule has 0 radical (unpaired) electrons. The maximum Gasteiger partial charge on any atom is 0.280 e. The number of carbonyl (C=O) groups is 2. The molecule has 0 saturated heterocycles. The fraction of sp³-hybridized carbons (Fsp3) is 0.400. The molecule has 1 saturated carbocycles. The van der Waals surface area contributed by atoms with Crippen molar-refractivity contribution >= 4 is 45.4 Å². The number of nitrogens with one attached hydrogen (secondary N) is 1. The number of likely N-dealkylation sites (N-methyl/N-ethyl adjacent to an activating group) is 1. The van der Waals surface area contributed by atoms with Crippen LogP contribution in [-0.4, -0.2) is 51.9 Å². The fourth-order valence-electron chi connectivity index (χ4n) is 5.02. The monoisotopic (exact) mass is 498 g/mol. The summed E-state index contributed by atoms with van der Waals surface area (Å²) in [6.45, 7) is 1.71. The van der Waals surface area contributed by atoms with Gasteiger partial charge in [0.1, 0.15) is 11.3 Å². The highest BCUT2D eigenvalue weighted by atomic mass is 35.5. The highest BCUT2D eigenvalue weighted by Gasteiger charge is 2.45. The molecule has 5 rings (SSSR count). The van der Waals surface area contributed by atoms with Gasteiger partial charge in [-0.15, -0.1) is 11.3 Å². The molecule has 1 aliphatic heterocycles. The standard InChI is InChI=1S/C25H27ClN4O3S/c1-30-9-7-18-20(13-30)34-24(28-18)23(33)29-21-4-2-3-8-25(21,27)22(32)15-10-14-5-6-16(26)12-17(14)19(31)11-15/h5-6,10-12,21,31H,2-4,7-9,13,27H2,1H3,(H,29,33). The van der Waals surface area contributed by atoms with Gasteiger partial charge in [-0.2, -0.15) is 0 Å². The van der Waals surface area contributed by atoms with E-state index in [1.165, 1.54) is 17.4 Å². The average molecular weight is 499 g/mol. The Labute approximate surface area is 206 Å². The van der Waals surface area contributed by atoms with Gasteiger partial charge >= 0.3 is 0 Å². The molecule has 7 nitrogen and oxygen atoms in total. The second-order valence-corrected chi connectivity index (χ2v) is 10.9. The molecule has 3 aromatic rings. The van der Waals surface area contributed by atoms with Crippen molar-refractivity contribution in [3.63, 3.8) is 0 Å². The smallest absolute Gasteiger partial charge is 0.280 e. The summed E-state index contributed by atoms with van der Waals surface area (Å²) >= 11 is 7.46. The number of fused-ring (bicyclic) bond motifs is 2. The summed E-state index contributed by atoms with van der Waals surface area (Å²) in [5, 5.41) is 15.8. The van der Waals surface area contributed by atoms with Crippen molar-refractivity contribution in [2.45, 2.75) is 50.2 Å². The van der Waals surface area contributed by atoms with Crippen LogP contribution >= 0.6 is 22.9 Å². The van der Waals surface area contributed by atoms with Gasteiger partial charge in [-0.05, 0) is 49.5 Å². The van der Waals surface area contributed by atoms with Gasteiger partial charge in [0, 0.05) is 40.4 Å². The lowest BCUT2D eigenvalue weighted by Gasteiger charge is -2.40. The molecule has 1 aliphatic carbocycles. The topological polar surface area (TPSA) is 109 Å². The van der Waals surface area contributed by atoms with Crippen LogP contribution in [-0.2, 0) is 13.0 Å². The van der Waals surface area contributed by atoms with Gasteiger partial charge in [0.2, 0.25) is 0 Å². The van der Waals surface area contributed by atoms with Crippen LogP contribution in [0.3, 0.4) is 0 Å². The van der Waals surface area contributed by atoms with Gasteiger partial charge in [-0.25, -0.2) is 4.98 Å². The molecule has 1 amide bonds. The maximum atomic E-state index is 13.7. The van der Waals surface area contributed by atoms with Gasteiger partial charge < -0.3 is 21.1 Å². The van der Waals surface area contributed by atoms with Gasteiger partial charge in [-0.3, -0.25) is 9.59 Å². The number of ketones is 1. The number of hydrogen-bond donors (Lipinski definition) is 3. The summed E-state index contributed by atoms with van der Waals surface area (Å²) in [5.41, 5.74) is 6.79. The predicted molar refractivity (Wildman–Crippen MR) is 134 cm³/mol. The second-order valence-electron chi connectivity index (χ2n) is 9.38. The molecule has 2 atom stereocenters. The number of carbonyl (C=O) groups excluding carboxylic acids is 2. The first-order chi connectivity index (χ1) is 16.2. The third-order valence-corrected chi connectivity index (χ3v) is 8.27. The van der Waals surface area contributed by atoms with Crippen LogP contribution in [0.25, 0.3) is 10.8 Å². The lowest BCUT2D eigenvalue weighted by atomic mass is 9.73. The first-order valence-electron chi connectivity index (χ1n) is 11.5. The number of nitrogens with two attached hydrogens (primary N) is 1. The molecule has 0 bridgehead atoms. The first-order valence-corrected chi connectivity index (χ1v) is 12.7. The van der Waals surface area contributed by atoms with Gasteiger partial charge in [0.05, 0.1) is 11.7 Å². The number of rotatable bonds is 4. The van der Waals surface area contributed by atoms with E-state index in [2.05, 4.69) is 22.2 Å². The summed E-state index contributed by atoms with van der Waals surface area (Å²) in [5.74, 6) is -0.598. The fourth-order valence-corrected chi connectivity index (χ4v) is 6.28. The van der Waals surface area contributed by atoms with Crippen LogP contribution in [0.4, 0.5) is 0 Å². The molecule has 9 heteroatoms. The summed E-state index contributed by atoms with van der Waals surface area (Å²) in [7, 11) is 2.05. The largest absolute Gasteiger partial charge is 0.507 e. The normalized spacial score (nSPS) is 23.0. The summed E-state index contributed by atoms with van der Waals surface area (Å²) in [6, 6.07) is 7.78. The molecule has 1 fully saturated rings. The van der Waals surface area contributed by atoms with E-state index < -0.39 is 11.6 Å². The van der Waals surface area contributed by atoms with Gasteiger partial charge in [0.25, 0.3) is 5.91 Å². The molecule has 1 aromatic heterocycles. The number of aromatic hydroxyl groups is 1. The van der Waals surface area contributed by atoms with Crippen LogP contribution in [0.5, 0.6) is 5.75 Å². The number of phenols is 1. The summed E-state index contributed by atoms with van der Waals surface area (Å²) in [6.07, 6.45) is 3.56. The molecule has 4 N–H and O–H groups in total. The van der Waals surface area contributed by atoms with Gasteiger partial charge in [-0.1, -0.05) is 30.5 Å². The molecule has 2 unspecified atom stereocenters. The van der Waals surface area contributed by atoms with Crippen LogP contribution in [0.2, 0.25) is 5.02 Å². The van der Waals surface area contributed by atoms with Crippen LogP contribution in [0.15, 0.2) is 30.3 Å². The van der Waals surface area contributed by atoms with Crippen molar-refractivity contribution in [1.29, 1.82) is 0 Å². The summed E-state index contributed by atoms with van der Waals surface area (Å²) in [4.78, 5) is 34.7. The van der Waals surface area contributed by atoms with Crippen molar-refractivity contribution < 1.29 is 14.7 Å². The number of Topliss-reactive ketones (excluding diaryl/α,β-unsaturated/α-hetero) is 1. The van der Waals surface area contributed by atoms with E-state index in [9.17, 15) is 14.7 Å². The van der Waals surface area contributed by atoms with Crippen LogP contribution in [0, 0.1) is 0 Å². The second kappa shape index (κ2) is 8.92. The minimum absolute atomic E-state index is 0.0262. The third-order valence-electron chi connectivity index (χ3n) is 6.96. The average Bonchev–Trinajstić information content (AvgIpc) is 3.24. The van der Waals surface area contributed by atoms with Crippen molar-refractivity contribution in [2.24, 2.45) is 5.73 Å². The number of thiazole rings is 1. The van der Waals surface area contributed by atoms with E-state index in [1.807, 2.05) is 0 Å². The first kappa shape index (κ1) is 23.2. The van der Waals surface area contributed by atoms with E-state index in [1.54, 1.807) is 24.3 Å². The Morgan fingerprint density at radius 2 is 2.12 bits per heavy atom. The van der Waals surface area contributed by atoms with E-state index >= 15 is 0 Å². The minimum atomic E-state index is -1.27. The minimum Gasteiger partial charge on any atom is -0.507 e. The molecule has 2 aliphatic rings. The highest BCUT2D eigenvalue weighted by Crippen LogP contribution is 2.34. The van der Waals surface area contributed by atoms with E-state index in [4.69, 9.17) is 17.3 Å². The number of benzene rings is 2.